The molecule has 1 unspecified atom stereocenters. The number of hydrogen-bond donors (Lipinski definition) is 0. The number of hydrogen-bond acceptors (Lipinski definition) is 4. The number of halogens is 3. The van der Waals surface area contributed by atoms with Crippen molar-refractivity contribution in [2.75, 3.05) is 0 Å². The van der Waals surface area contributed by atoms with E-state index in [0.29, 0.717) is 25.2 Å². The maximum Gasteiger partial charge on any atom is 0.432 e. The van der Waals surface area contributed by atoms with Crippen molar-refractivity contribution in [1.29, 1.82) is 0 Å². The first-order chi connectivity index (χ1) is 14.8. The van der Waals surface area contributed by atoms with Crippen molar-refractivity contribution in [3.8, 4) is 5.75 Å². The zero-order valence-corrected chi connectivity index (χ0v) is 17.5. The monoisotopic (exact) mass is 436 g/mol. The van der Waals surface area contributed by atoms with Crippen LogP contribution in [0.15, 0.2) is 54.6 Å². The van der Waals surface area contributed by atoms with E-state index in [0.717, 1.165) is 24.8 Å². The Balaban J connectivity index is 1.92. The average molecular weight is 436 g/mol. The Morgan fingerprint density at radius 2 is 1.55 bits per heavy atom. The molecule has 2 aromatic carbocycles. The number of rotatable bonds is 12. The number of ketones is 1. The molecule has 0 heterocycles. The second-order valence-electron chi connectivity index (χ2n) is 7.26. The molecule has 31 heavy (non-hydrogen) atoms. The molecule has 0 bridgehead atoms. The summed E-state index contributed by atoms with van der Waals surface area (Å²) < 4.78 is 50.0. The van der Waals surface area contributed by atoms with Crippen molar-refractivity contribution >= 4 is 11.8 Å². The summed E-state index contributed by atoms with van der Waals surface area (Å²) in [6.45, 7) is 2.33. The Hall–Kier alpha value is -2.83. The summed E-state index contributed by atoms with van der Waals surface area (Å²) in [5, 5.41) is 0. The minimum atomic E-state index is -4.95. The standard InChI is InChI=1S/C24H27F3O4/c1-2-3-4-5-9-12-21(28)22(24(25,26)27)31-23(29)19-13-15-20(16-14-19)30-17-18-10-7-6-8-11-18/h6-8,10-11,13-16,22H,2-5,9,12,17H2,1H3. The zero-order valence-electron chi connectivity index (χ0n) is 17.5. The third-order valence-electron chi connectivity index (χ3n) is 4.68. The average Bonchev–Trinajstić information content (AvgIpc) is 2.76. The maximum atomic E-state index is 13.3. The predicted molar refractivity (Wildman–Crippen MR) is 111 cm³/mol. The fraction of sp³-hybridized carbons (Fsp3) is 0.417. The molecule has 1 atom stereocenters. The maximum absolute atomic E-state index is 13.3. The highest BCUT2D eigenvalue weighted by Gasteiger charge is 2.47. The van der Waals surface area contributed by atoms with E-state index in [1.807, 2.05) is 37.3 Å². The van der Waals surface area contributed by atoms with Crippen LogP contribution in [0.3, 0.4) is 0 Å². The molecule has 7 heteroatoms. The van der Waals surface area contributed by atoms with Gasteiger partial charge in [-0.1, -0.05) is 62.9 Å². The Kier molecular flexibility index (Phi) is 9.56. The van der Waals surface area contributed by atoms with Gasteiger partial charge in [0.1, 0.15) is 12.4 Å². The van der Waals surface area contributed by atoms with E-state index < -0.39 is 24.0 Å². The molecule has 0 amide bonds. The van der Waals surface area contributed by atoms with Gasteiger partial charge in [-0.2, -0.15) is 13.2 Å². The largest absolute Gasteiger partial charge is 0.489 e. The molecule has 168 valence electrons. The van der Waals surface area contributed by atoms with Gasteiger partial charge in [0, 0.05) is 6.42 Å². The van der Waals surface area contributed by atoms with Gasteiger partial charge in [0.25, 0.3) is 6.10 Å². The number of carbonyl (C=O) groups is 2. The first kappa shape index (κ1) is 24.4. The van der Waals surface area contributed by atoms with Gasteiger partial charge in [-0.05, 0) is 36.2 Å². The van der Waals surface area contributed by atoms with Crippen LogP contribution in [0.1, 0.15) is 61.4 Å². The predicted octanol–water partition coefficient (Wildman–Crippen LogP) is 6.28. The van der Waals surface area contributed by atoms with Crippen molar-refractivity contribution in [2.45, 2.75) is 64.3 Å². The number of benzene rings is 2. The van der Waals surface area contributed by atoms with Crippen LogP contribution in [0.2, 0.25) is 0 Å². The molecule has 4 nitrogen and oxygen atoms in total. The quantitative estimate of drug-likeness (QED) is 0.290. The van der Waals surface area contributed by atoms with Crippen molar-refractivity contribution < 1.29 is 32.2 Å². The number of unbranched alkanes of at least 4 members (excludes halogenated alkanes) is 4. The summed E-state index contributed by atoms with van der Waals surface area (Å²) in [6.07, 6.45) is -4.13. The molecular formula is C24H27F3O4. The molecule has 0 spiro atoms. The van der Waals surface area contributed by atoms with E-state index in [1.54, 1.807) is 0 Å². The SMILES string of the molecule is CCCCCCCC(=O)C(OC(=O)c1ccc(OCc2ccccc2)cc1)C(F)(F)F. The summed E-state index contributed by atoms with van der Waals surface area (Å²) in [7, 11) is 0. The number of carbonyl (C=O) groups excluding carboxylic acids is 2. The first-order valence-corrected chi connectivity index (χ1v) is 10.4. The van der Waals surface area contributed by atoms with Crippen LogP contribution in [0.25, 0.3) is 0 Å². The van der Waals surface area contributed by atoms with E-state index in [1.165, 1.54) is 24.3 Å². The second kappa shape index (κ2) is 12.1. The highest BCUT2D eigenvalue weighted by atomic mass is 19.4. The molecule has 0 aliphatic carbocycles. The van der Waals surface area contributed by atoms with Crippen molar-refractivity contribution in [3.05, 3.63) is 65.7 Å². The van der Waals surface area contributed by atoms with Gasteiger partial charge in [-0.25, -0.2) is 4.79 Å². The minimum absolute atomic E-state index is 0.0861. The third kappa shape index (κ3) is 8.44. The van der Waals surface area contributed by atoms with Gasteiger partial charge < -0.3 is 9.47 Å². The molecule has 2 aromatic rings. The summed E-state index contributed by atoms with van der Waals surface area (Å²) in [4.78, 5) is 24.2. The first-order valence-electron chi connectivity index (χ1n) is 10.4. The lowest BCUT2D eigenvalue weighted by Crippen LogP contribution is -2.40. The van der Waals surface area contributed by atoms with Gasteiger partial charge in [0.2, 0.25) is 0 Å². The summed E-state index contributed by atoms with van der Waals surface area (Å²) in [5.74, 6) is -1.87. The van der Waals surface area contributed by atoms with E-state index in [4.69, 9.17) is 4.74 Å². The molecule has 0 aliphatic heterocycles. The topological polar surface area (TPSA) is 52.6 Å². The van der Waals surface area contributed by atoms with Gasteiger partial charge in [-0.15, -0.1) is 0 Å². The normalized spacial score (nSPS) is 12.3. The Labute approximate surface area is 180 Å². The van der Waals surface area contributed by atoms with Crippen LogP contribution in [0, 0.1) is 0 Å². The van der Waals surface area contributed by atoms with Crippen LogP contribution in [-0.2, 0) is 16.1 Å². The zero-order chi connectivity index (χ0) is 22.7. The molecule has 0 aromatic heterocycles. The van der Waals surface area contributed by atoms with Crippen LogP contribution < -0.4 is 4.74 Å². The van der Waals surface area contributed by atoms with Crippen LogP contribution in [-0.4, -0.2) is 24.0 Å². The smallest absolute Gasteiger partial charge is 0.432 e. The number of ether oxygens (including phenoxy) is 2. The Morgan fingerprint density at radius 1 is 0.903 bits per heavy atom. The van der Waals surface area contributed by atoms with Gasteiger partial charge in [0.05, 0.1) is 5.56 Å². The molecule has 0 fully saturated rings. The lowest BCUT2D eigenvalue weighted by Gasteiger charge is -2.19. The molecular weight excluding hydrogens is 409 g/mol. The second-order valence-corrected chi connectivity index (χ2v) is 7.26. The molecule has 0 N–H and O–H groups in total. The highest BCUT2D eigenvalue weighted by molar-refractivity contribution is 5.93. The summed E-state index contributed by atoms with van der Waals surface area (Å²) in [5.41, 5.74) is 0.865. The third-order valence-corrected chi connectivity index (χ3v) is 4.68. The van der Waals surface area contributed by atoms with Crippen LogP contribution in [0.5, 0.6) is 5.75 Å². The Bertz CT molecular complexity index is 817. The number of Topliss-reactive ketones (excluding diaryl/α,β-unsaturated/α-hetero) is 1. The van der Waals surface area contributed by atoms with E-state index in [9.17, 15) is 22.8 Å². The lowest BCUT2D eigenvalue weighted by molar-refractivity contribution is -0.204. The number of esters is 1. The fourth-order valence-corrected chi connectivity index (χ4v) is 2.95. The molecule has 0 radical (unpaired) electrons. The Morgan fingerprint density at radius 3 is 2.16 bits per heavy atom. The van der Waals surface area contributed by atoms with Crippen molar-refractivity contribution in [2.24, 2.45) is 0 Å². The van der Waals surface area contributed by atoms with Crippen molar-refractivity contribution in [1.82, 2.24) is 0 Å². The van der Waals surface area contributed by atoms with Gasteiger partial charge in [-0.3, -0.25) is 4.79 Å². The number of alkyl halides is 3. The lowest BCUT2D eigenvalue weighted by atomic mass is 10.1. The van der Waals surface area contributed by atoms with Crippen molar-refractivity contribution in [3.63, 3.8) is 0 Å². The molecule has 0 saturated heterocycles. The molecule has 2 rings (SSSR count). The van der Waals surface area contributed by atoms with Gasteiger partial charge >= 0.3 is 12.1 Å². The fourth-order valence-electron chi connectivity index (χ4n) is 2.95. The van der Waals surface area contributed by atoms with Crippen LogP contribution >= 0.6 is 0 Å². The summed E-state index contributed by atoms with van der Waals surface area (Å²) in [6, 6.07) is 15.0. The van der Waals surface area contributed by atoms with Gasteiger partial charge in [0.15, 0.2) is 5.78 Å². The summed E-state index contributed by atoms with van der Waals surface area (Å²) >= 11 is 0. The molecule has 0 saturated carbocycles. The minimum Gasteiger partial charge on any atom is -0.489 e. The highest BCUT2D eigenvalue weighted by Crippen LogP contribution is 2.27. The van der Waals surface area contributed by atoms with E-state index in [-0.39, 0.29) is 12.0 Å². The van der Waals surface area contributed by atoms with E-state index >= 15 is 0 Å². The van der Waals surface area contributed by atoms with Crippen LogP contribution in [0.4, 0.5) is 13.2 Å². The van der Waals surface area contributed by atoms with E-state index in [2.05, 4.69) is 4.74 Å². The molecule has 0 aliphatic rings.